The van der Waals surface area contributed by atoms with Gasteiger partial charge in [0.05, 0.1) is 13.2 Å². The molecular weight excluding hydrogens is 263 g/mol. The number of urea groups is 1. The van der Waals surface area contributed by atoms with Crippen molar-refractivity contribution in [2.45, 2.75) is 0 Å². The number of hydrogen-bond donors (Lipinski definition) is 3. The summed E-state index contributed by atoms with van der Waals surface area (Å²) >= 11 is 5.65. The lowest BCUT2D eigenvalue weighted by Gasteiger charge is -2.21. The molecule has 1 rings (SSSR count). The molecule has 0 heterocycles. The first-order valence-electron chi connectivity index (χ1n) is 5.30. The first-order chi connectivity index (χ1) is 8.56. The molecule has 5 nitrogen and oxygen atoms in total. The zero-order valence-electron chi connectivity index (χ0n) is 9.57. The molecule has 0 aliphatic carbocycles. The number of benzene rings is 1. The van der Waals surface area contributed by atoms with Crippen molar-refractivity contribution in [3.05, 3.63) is 29.0 Å². The SMILES string of the molecule is O=C(Nc1cc(F)cc(Cl)c1)N(CCO)CCO. The smallest absolute Gasteiger partial charge is 0.322 e. The highest BCUT2D eigenvalue weighted by molar-refractivity contribution is 6.30. The van der Waals surface area contributed by atoms with Crippen molar-refractivity contribution in [2.75, 3.05) is 31.6 Å². The third-order valence-electron chi connectivity index (χ3n) is 2.14. The summed E-state index contributed by atoms with van der Waals surface area (Å²) in [6.07, 6.45) is 0. The van der Waals surface area contributed by atoms with Crippen molar-refractivity contribution in [2.24, 2.45) is 0 Å². The Morgan fingerprint density at radius 2 is 1.89 bits per heavy atom. The molecule has 0 fully saturated rings. The molecule has 0 spiro atoms. The predicted octanol–water partition coefficient (Wildman–Crippen LogP) is 1.30. The standard InChI is InChI=1S/C11H14ClFN2O3/c12-8-5-9(13)7-10(6-8)14-11(18)15(1-3-16)2-4-17/h5-7,16-17H,1-4H2,(H,14,18). The average molecular weight is 277 g/mol. The zero-order chi connectivity index (χ0) is 13.5. The highest BCUT2D eigenvalue weighted by Gasteiger charge is 2.13. The number of nitrogens with one attached hydrogen (secondary N) is 1. The topological polar surface area (TPSA) is 72.8 Å². The Morgan fingerprint density at radius 3 is 2.39 bits per heavy atom. The van der Waals surface area contributed by atoms with Crippen LogP contribution in [-0.4, -0.2) is 47.4 Å². The van der Waals surface area contributed by atoms with E-state index in [9.17, 15) is 9.18 Å². The normalized spacial score (nSPS) is 10.2. The third kappa shape index (κ3) is 4.48. The van der Waals surface area contributed by atoms with Gasteiger partial charge in [0.2, 0.25) is 0 Å². The molecule has 2 amide bonds. The Bertz CT molecular complexity index is 391. The quantitative estimate of drug-likeness (QED) is 0.759. The number of nitrogens with zero attached hydrogens (tertiary/aromatic N) is 1. The van der Waals surface area contributed by atoms with E-state index in [1.165, 1.54) is 11.0 Å². The van der Waals surface area contributed by atoms with Crippen LogP contribution in [0.3, 0.4) is 0 Å². The van der Waals surface area contributed by atoms with Crippen molar-refractivity contribution in [1.29, 1.82) is 0 Å². The molecule has 0 atom stereocenters. The van der Waals surface area contributed by atoms with E-state index in [4.69, 9.17) is 21.8 Å². The molecule has 1 aromatic rings. The van der Waals surface area contributed by atoms with Crippen LogP contribution in [0.4, 0.5) is 14.9 Å². The summed E-state index contributed by atoms with van der Waals surface area (Å²) in [5, 5.41) is 20.2. The van der Waals surface area contributed by atoms with Crippen molar-refractivity contribution >= 4 is 23.3 Å². The molecule has 3 N–H and O–H groups in total. The van der Waals surface area contributed by atoms with E-state index < -0.39 is 11.8 Å². The monoisotopic (exact) mass is 276 g/mol. The van der Waals surface area contributed by atoms with E-state index in [0.29, 0.717) is 0 Å². The van der Waals surface area contributed by atoms with Crippen LogP contribution in [0.2, 0.25) is 5.02 Å². The highest BCUT2D eigenvalue weighted by Crippen LogP contribution is 2.18. The first-order valence-corrected chi connectivity index (χ1v) is 5.68. The molecule has 0 saturated heterocycles. The molecule has 7 heteroatoms. The van der Waals surface area contributed by atoms with Crippen molar-refractivity contribution in [3.8, 4) is 0 Å². The van der Waals surface area contributed by atoms with Gasteiger partial charge in [-0.1, -0.05) is 11.6 Å². The van der Waals surface area contributed by atoms with Gasteiger partial charge in [0, 0.05) is 23.8 Å². The molecular formula is C11H14ClFN2O3. The van der Waals surface area contributed by atoms with E-state index in [1.807, 2.05) is 0 Å². The van der Waals surface area contributed by atoms with E-state index in [1.54, 1.807) is 0 Å². The number of halogens is 2. The van der Waals surface area contributed by atoms with E-state index >= 15 is 0 Å². The number of carbonyl (C=O) groups is 1. The first kappa shape index (κ1) is 14.7. The van der Waals surface area contributed by atoms with Gasteiger partial charge in [-0.2, -0.15) is 0 Å². The number of amides is 2. The Kier molecular flexibility index (Phi) is 5.84. The maximum atomic E-state index is 13.0. The number of aliphatic hydroxyl groups excluding tert-OH is 2. The van der Waals surface area contributed by atoms with Crippen LogP contribution >= 0.6 is 11.6 Å². The second-order valence-electron chi connectivity index (χ2n) is 3.52. The van der Waals surface area contributed by atoms with Crippen molar-refractivity contribution < 1.29 is 19.4 Å². The largest absolute Gasteiger partial charge is 0.395 e. The van der Waals surface area contributed by atoms with Gasteiger partial charge in [0.1, 0.15) is 5.82 Å². The highest BCUT2D eigenvalue weighted by atomic mass is 35.5. The fraction of sp³-hybridized carbons (Fsp3) is 0.364. The van der Waals surface area contributed by atoms with Gasteiger partial charge in [0.25, 0.3) is 0 Å². The van der Waals surface area contributed by atoms with Crippen LogP contribution in [0, 0.1) is 5.82 Å². The number of carbonyl (C=O) groups excluding carboxylic acids is 1. The zero-order valence-corrected chi connectivity index (χ0v) is 10.3. The van der Waals surface area contributed by atoms with E-state index in [-0.39, 0.29) is 37.0 Å². The average Bonchev–Trinajstić information content (AvgIpc) is 2.27. The molecule has 0 aromatic heterocycles. The Morgan fingerprint density at radius 1 is 1.28 bits per heavy atom. The maximum Gasteiger partial charge on any atom is 0.322 e. The second kappa shape index (κ2) is 7.15. The van der Waals surface area contributed by atoms with E-state index in [2.05, 4.69) is 5.32 Å². The lowest BCUT2D eigenvalue weighted by molar-refractivity contribution is 0.167. The summed E-state index contributed by atoms with van der Waals surface area (Å²) in [6, 6.07) is 3.11. The van der Waals surface area contributed by atoms with Crippen LogP contribution in [0.25, 0.3) is 0 Å². The summed E-state index contributed by atoms with van der Waals surface area (Å²) in [5.41, 5.74) is 0.214. The van der Waals surface area contributed by atoms with Crippen LogP contribution in [0.1, 0.15) is 0 Å². The molecule has 1 aromatic carbocycles. The van der Waals surface area contributed by atoms with Crippen LogP contribution in [0.5, 0.6) is 0 Å². The molecule has 100 valence electrons. The van der Waals surface area contributed by atoms with Crippen LogP contribution in [0.15, 0.2) is 18.2 Å². The summed E-state index contributed by atoms with van der Waals surface area (Å²) in [6.45, 7) is -0.292. The van der Waals surface area contributed by atoms with Gasteiger partial charge in [-0.3, -0.25) is 0 Å². The number of hydrogen-bond acceptors (Lipinski definition) is 3. The predicted molar refractivity (Wildman–Crippen MR) is 66.2 cm³/mol. The fourth-order valence-electron chi connectivity index (χ4n) is 1.38. The molecule has 0 unspecified atom stereocenters. The van der Waals surface area contributed by atoms with Crippen molar-refractivity contribution in [3.63, 3.8) is 0 Å². The van der Waals surface area contributed by atoms with Gasteiger partial charge in [-0.25, -0.2) is 9.18 Å². The number of anilines is 1. The minimum Gasteiger partial charge on any atom is -0.395 e. The minimum atomic E-state index is -0.561. The Labute approximate surface area is 109 Å². The van der Waals surface area contributed by atoms with Crippen LogP contribution < -0.4 is 5.32 Å². The molecule has 0 bridgehead atoms. The van der Waals surface area contributed by atoms with Gasteiger partial charge in [-0.15, -0.1) is 0 Å². The minimum absolute atomic E-state index is 0.0788. The lowest BCUT2D eigenvalue weighted by atomic mass is 10.3. The molecule has 0 saturated carbocycles. The van der Waals surface area contributed by atoms with Gasteiger partial charge >= 0.3 is 6.03 Å². The number of rotatable bonds is 5. The third-order valence-corrected chi connectivity index (χ3v) is 2.36. The molecule has 0 aliphatic heterocycles. The Hall–Kier alpha value is -1.37. The maximum absolute atomic E-state index is 13.0. The summed E-state index contributed by atoms with van der Waals surface area (Å²) < 4.78 is 13.0. The molecule has 0 aliphatic rings. The van der Waals surface area contributed by atoms with Gasteiger partial charge in [0.15, 0.2) is 0 Å². The van der Waals surface area contributed by atoms with Crippen molar-refractivity contribution in [1.82, 2.24) is 4.90 Å². The lowest BCUT2D eigenvalue weighted by Crippen LogP contribution is -2.38. The summed E-state index contributed by atoms with van der Waals surface area (Å²) in [4.78, 5) is 12.9. The summed E-state index contributed by atoms with van der Waals surface area (Å²) in [5.74, 6) is -0.561. The molecule has 18 heavy (non-hydrogen) atoms. The van der Waals surface area contributed by atoms with Crippen LogP contribution in [-0.2, 0) is 0 Å². The summed E-state index contributed by atoms with van der Waals surface area (Å²) in [7, 11) is 0. The van der Waals surface area contributed by atoms with Gasteiger partial charge in [-0.05, 0) is 18.2 Å². The Balaban J connectivity index is 2.72. The number of aliphatic hydroxyl groups is 2. The fourth-order valence-corrected chi connectivity index (χ4v) is 1.61. The molecule has 0 radical (unpaired) electrons. The van der Waals surface area contributed by atoms with Gasteiger partial charge < -0.3 is 20.4 Å². The second-order valence-corrected chi connectivity index (χ2v) is 3.96. The van der Waals surface area contributed by atoms with E-state index in [0.717, 1.165) is 12.1 Å².